The summed E-state index contributed by atoms with van der Waals surface area (Å²) in [6, 6.07) is -1.19. The number of carbonyl (C=O) groups excluding carboxylic acids is 1. The fraction of sp³-hybridized carbons (Fsp3) is 0.899. The van der Waals surface area contributed by atoms with Crippen molar-refractivity contribution in [3.8, 4) is 0 Å². The molecule has 1 amide bonds. The molecular weight excluding hydrogens is 1000 g/mol. The second-order valence-corrected chi connectivity index (χ2v) is 24.2. The van der Waals surface area contributed by atoms with Gasteiger partial charge in [-0.05, 0) is 64.2 Å². The van der Waals surface area contributed by atoms with E-state index in [1.54, 1.807) is 0 Å². The Labute approximate surface area is 492 Å². The van der Waals surface area contributed by atoms with Crippen molar-refractivity contribution in [2.45, 2.75) is 384 Å². The third kappa shape index (κ3) is 44.8. The molecule has 1 aliphatic rings. The van der Waals surface area contributed by atoms with Gasteiger partial charge in [-0.3, -0.25) is 4.79 Å². The molecule has 472 valence electrons. The number of rotatable bonds is 60. The standard InChI is InChI=1S/C69H131NO10/c1-3-5-7-9-11-13-15-17-19-21-23-25-27-29-30-31-33-35-37-39-41-43-45-47-49-51-53-55-57-62(73)68(78)70-60(59-79-69-67(77)66(76)65(75)63(58-71)80-69)64(74)61(72)56-54-52-50-48-46-44-42-40-38-36-34-32-28-26-24-22-20-18-16-14-12-10-8-6-4-2/h32,34,40,42,48,50,60-67,69,71-77H,3-31,33,35-39,41,43-47,49,51-59H2,1-2H3,(H,70,78)/b34-32+,42-40+,50-48+. The number of hydrogen-bond acceptors (Lipinski definition) is 10. The van der Waals surface area contributed by atoms with Gasteiger partial charge >= 0.3 is 0 Å². The molecule has 0 bridgehead atoms. The second-order valence-electron chi connectivity index (χ2n) is 24.2. The Balaban J connectivity index is 2.24. The second kappa shape index (κ2) is 57.7. The molecule has 0 aromatic rings. The molecule has 1 rings (SSSR count). The summed E-state index contributed by atoms with van der Waals surface area (Å²) in [5.74, 6) is -0.706. The maximum Gasteiger partial charge on any atom is 0.249 e. The fourth-order valence-corrected chi connectivity index (χ4v) is 11.1. The summed E-state index contributed by atoms with van der Waals surface area (Å²) in [4.78, 5) is 13.2. The minimum atomic E-state index is -1.67. The van der Waals surface area contributed by atoms with Crippen molar-refractivity contribution in [2.75, 3.05) is 13.2 Å². The van der Waals surface area contributed by atoms with Crippen LogP contribution in [0.4, 0.5) is 0 Å². The van der Waals surface area contributed by atoms with E-state index in [0.29, 0.717) is 19.3 Å². The van der Waals surface area contributed by atoms with Gasteiger partial charge in [0, 0.05) is 0 Å². The summed E-state index contributed by atoms with van der Waals surface area (Å²) in [7, 11) is 0. The van der Waals surface area contributed by atoms with Gasteiger partial charge in [0.15, 0.2) is 6.29 Å². The zero-order chi connectivity index (χ0) is 58.2. The maximum atomic E-state index is 13.2. The van der Waals surface area contributed by atoms with Crippen LogP contribution in [-0.4, -0.2) is 110 Å². The van der Waals surface area contributed by atoms with Crippen molar-refractivity contribution in [1.82, 2.24) is 5.32 Å². The normalized spacial score (nSPS) is 19.4. The van der Waals surface area contributed by atoms with Gasteiger partial charge in [-0.25, -0.2) is 0 Å². The number of ether oxygens (including phenoxy) is 2. The van der Waals surface area contributed by atoms with Crippen molar-refractivity contribution < 1.29 is 50.0 Å². The number of allylic oxidation sites excluding steroid dienone is 6. The smallest absolute Gasteiger partial charge is 0.249 e. The van der Waals surface area contributed by atoms with E-state index in [1.807, 2.05) is 0 Å². The number of unbranched alkanes of at least 4 members (excludes halogenated alkanes) is 42. The summed E-state index contributed by atoms with van der Waals surface area (Å²) >= 11 is 0. The van der Waals surface area contributed by atoms with E-state index in [-0.39, 0.29) is 12.8 Å². The predicted octanol–water partition coefficient (Wildman–Crippen LogP) is 16.2. The Hall–Kier alpha value is -1.67. The van der Waals surface area contributed by atoms with Crippen molar-refractivity contribution >= 4 is 5.91 Å². The van der Waals surface area contributed by atoms with Crippen molar-refractivity contribution in [2.24, 2.45) is 0 Å². The first-order valence-corrected chi connectivity index (χ1v) is 34.4. The monoisotopic (exact) mass is 1130 g/mol. The SMILES string of the molecule is CCCCCCCCCCCCCC/C=C/CC/C=C/CC/C=C/CCCC(O)C(O)C(COC1OC(CO)C(O)C(O)C1O)NC(=O)C(O)CCCCCCCCCCCCCCCCCCCCCCCCCCCCCC. The van der Waals surface area contributed by atoms with Crippen LogP contribution < -0.4 is 5.32 Å². The number of amides is 1. The molecule has 8 N–H and O–H groups in total. The molecule has 9 atom stereocenters. The van der Waals surface area contributed by atoms with Crippen molar-refractivity contribution in [3.63, 3.8) is 0 Å². The molecule has 9 unspecified atom stereocenters. The summed E-state index contributed by atoms with van der Waals surface area (Å²) in [5.41, 5.74) is 0. The van der Waals surface area contributed by atoms with E-state index >= 15 is 0 Å². The van der Waals surface area contributed by atoms with Gasteiger partial charge in [-0.1, -0.05) is 301 Å². The van der Waals surface area contributed by atoms with E-state index in [9.17, 15) is 40.5 Å². The molecule has 1 saturated heterocycles. The lowest BCUT2D eigenvalue weighted by Crippen LogP contribution is -2.60. The third-order valence-electron chi connectivity index (χ3n) is 16.7. The lowest BCUT2D eigenvalue weighted by Gasteiger charge is -2.40. The Kier molecular flexibility index (Phi) is 55.1. The Morgan fingerprint density at radius 2 is 0.750 bits per heavy atom. The maximum absolute atomic E-state index is 13.2. The molecule has 0 aromatic heterocycles. The molecular formula is C69H131NO10. The summed E-state index contributed by atoms with van der Waals surface area (Å²) in [5, 5.41) is 76.4. The molecule has 0 saturated carbocycles. The Bertz CT molecular complexity index is 1390. The van der Waals surface area contributed by atoms with Crippen LogP contribution in [0.2, 0.25) is 0 Å². The van der Waals surface area contributed by atoms with Gasteiger partial charge in [0.2, 0.25) is 5.91 Å². The summed E-state index contributed by atoms with van der Waals surface area (Å²) in [6.07, 6.45) is 62.3. The van der Waals surface area contributed by atoms with Gasteiger partial charge in [-0.2, -0.15) is 0 Å². The largest absolute Gasteiger partial charge is 0.394 e. The third-order valence-corrected chi connectivity index (χ3v) is 16.7. The average molecular weight is 1130 g/mol. The highest BCUT2D eigenvalue weighted by Gasteiger charge is 2.44. The van der Waals surface area contributed by atoms with Crippen LogP contribution >= 0.6 is 0 Å². The molecule has 1 fully saturated rings. The number of nitrogens with one attached hydrogen (secondary N) is 1. The van der Waals surface area contributed by atoms with Crippen LogP contribution in [0.5, 0.6) is 0 Å². The van der Waals surface area contributed by atoms with Crippen LogP contribution in [0.1, 0.15) is 328 Å². The van der Waals surface area contributed by atoms with Crippen LogP contribution in [0, 0.1) is 0 Å². The molecule has 0 aromatic carbocycles. The van der Waals surface area contributed by atoms with Crippen LogP contribution in [0.15, 0.2) is 36.5 Å². The molecule has 80 heavy (non-hydrogen) atoms. The van der Waals surface area contributed by atoms with Crippen molar-refractivity contribution in [3.05, 3.63) is 36.5 Å². The lowest BCUT2D eigenvalue weighted by molar-refractivity contribution is -0.303. The van der Waals surface area contributed by atoms with Gasteiger partial charge in [0.05, 0.1) is 25.4 Å². The lowest BCUT2D eigenvalue weighted by atomic mass is 9.98. The fourth-order valence-electron chi connectivity index (χ4n) is 11.1. The first-order valence-electron chi connectivity index (χ1n) is 34.4. The van der Waals surface area contributed by atoms with Crippen LogP contribution in [0.25, 0.3) is 0 Å². The van der Waals surface area contributed by atoms with Crippen molar-refractivity contribution in [1.29, 1.82) is 0 Å². The Morgan fingerprint density at radius 1 is 0.425 bits per heavy atom. The summed E-state index contributed by atoms with van der Waals surface area (Å²) in [6.45, 7) is 3.49. The summed E-state index contributed by atoms with van der Waals surface area (Å²) < 4.78 is 11.2. The van der Waals surface area contributed by atoms with E-state index < -0.39 is 74.2 Å². The number of hydrogen-bond donors (Lipinski definition) is 8. The molecule has 1 heterocycles. The van der Waals surface area contributed by atoms with E-state index in [2.05, 4.69) is 55.6 Å². The molecule has 11 nitrogen and oxygen atoms in total. The van der Waals surface area contributed by atoms with Gasteiger partial charge in [0.1, 0.15) is 36.6 Å². The zero-order valence-electron chi connectivity index (χ0n) is 52.1. The first-order chi connectivity index (χ1) is 39.2. The average Bonchev–Trinajstić information content (AvgIpc) is 3.47. The molecule has 11 heteroatoms. The molecule has 0 aliphatic carbocycles. The molecule has 0 spiro atoms. The predicted molar refractivity (Wildman–Crippen MR) is 335 cm³/mol. The van der Waals surface area contributed by atoms with E-state index in [4.69, 9.17) is 9.47 Å². The number of carbonyl (C=O) groups is 1. The minimum absolute atomic E-state index is 0.243. The minimum Gasteiger partial charge on any atom is -0.394 e. The highest BCUT2D eigenvalue weighted by atomic mass is 16.7. The molecule has 1 aliphatic heterocycles. The van der Waals surface area contributed by atoms with Gasteiger partial charge in [-0.15, -0.1) is 0 Å². The van der Waals surface area contributed by atoms with E-state index in [1.165, 1.54) is 238 Å². The topological polar surface area (TPSA) is 189 Å². The van der Waals surface area contributed by atoms with Gasteiger partial charge in [0.25, 0.3) is 0 Å². The van der Waals surface area contributed by atoms with Gasteiger partial charge < -0.3 is 50.5 Å². The number of aliphatic hydroxyl groups is 7. The quantitative estimate of drug-likeness (QED) is 0.0215. The first kappa shape index (κ1) is 76.3. The number of aliphatic hydroxyl groups excluding tert-OH is 7. The van der Waals surface area contributed by atoms with Crippen LogP contribution in [-0.2, 0) is 14.3 Å². The zero-order valence-corrected chi connectivity index (χ0v) is 52.1. The molecule has 0 radical (unpaired) electrons. The Morgan fingerprint density at radius 3 is 1.11 bits per heavy atom. The highest BCUT2D eigenvalue weighted by molar-refractivity contribution is 5.80. The van der Waals surface area contributed by atoms with Crippen LogP contribution in [0.3, 0.4) is 0 Å². The van der Waals surface area contributed by atoms with E-state index in [0.717, 1.165) is 44.9 Å². The highest BCUT2D eigenvalue weighted by Crippen LogP contribution is 2.24.